The van der Waals surface area contributed by atoms with Gasteiger partial charge in [0.25, 0.3) is 11.8 Å². The number of rotatable bonds is 14. The van der Waals surface area contributed by atoms with Crippen LogP contribution in [0.1, 0.15) is 53.7 Å². The highest BCUT2D eigenvalue weighted by Crippen LogP contribution is 2.35. The van der Waals surface area contributed by atoms with Crippen LogP contribution < -0.4 is 15.4 Å². The summed E-state index contributed by atoms with van der Waals surface area (Å²) in [6, 6.07) is 10.8. The molecule has 0 saturated carbocycles. The number of hydrogen-bond acceptors (Lipinski definition) is 7. The lowest BCUT2D eigenvalue weighted by molar-refractivity contribution is 0.0935. The molecule has 0 aliphatic carbocycles. The molecule has 0 bridgehead atoms. The van der Waals surface area contributed by atoms with Gasteiger partial charge in [0.2, 0.25) is 0 Å². The number of aliphatic hydroxyl groups excluding tert-OH is 2. The summed E-state index contributed by atoms with van der Waals surface area (Å²) in [5.41, 5.74) is 2.78. The SMILES string of the molecule is CCc1nc2c(cc1NC(=O)c1ccccc1)c(OC(C)C)c(C(=O)NCCCN(CCO)CCO)n2C. The molecule has 0 fully saturated rings. The Kier molecular flexibility index (Phi) is 10.6. The first-order valence-electron chi connectivity index (χ1n) is 13.1. The van der Waals surface area contributed by atoms with Crippen LogP contribution in [0.5, 0.6) is 5.75 Å². The Morgan fingerprint density at radius 2 is 1.76 bits per heavy atom. The van der Waals surface area contributed by atoms with E-state index in [1.165, 1.54) is 0 Å². The van der Waals surface area contributed by atoms with E-state index in [1.54, 1.807) is 23.7 Å². The van der Waals surface area contributed by atoms with E-state index in [0.29, 0.717) is 78.4 Å². The van der Waals surface area contributed by atoms with Gasteiger partial charge in [0.1, 0.15) is 5.65 Å². The average molecular weight is 526 g/mol. The molecule has 0 unspecified atom stereocenters. The highest BCUT2D eigenvalue weighted by Gasteiger charge is 2.26. The molecule has 2 amide bonds. The Bertz CT molecular complexity index is 1220. The molecule has 2 aromatic heterocycles. The van der Waals surface area contributed by atoms with Crippen molar-refractivity contribution >= 4 is 28.5 Å². The Morgan fingerprint density at radius 3 is 2.37 bits per heavy atom. The number of nitrogens with one attached hydrogen (secondary N) is 2. The van der Waals surface area contributed by atoms with Gasteiger partial charge in [-0.15, -0.1) is 0 Å². The van der Waals surface area contributed by atoms with Crippen molar-refractivity contribution in [3.63, 3.8) is 0 Å². The molecule has 2 heterocycles. The van der Waals surface area contributed by atoms with Crippen molar-refractivity contribution in [2.75, 3.05) is 44.7 Å². The summed E-state index contributed by atoms with van der Waals surface area (Å²) in [6.45, 7) is 7.77. The van der Waals surface area contributed by atoms with Crippen LogP contribution in [0.15, 0.2) is 36.4 Å². The predicted molar refractivity (Wildman–Crippen MR) is 148 cm³/mol. The highest BCUT2D eigenvalue weighted by atomic mass is 16.5. The fraction of sp³-hybridized carbons (Fsp3) is 0.464. The topological polar surface area (TPSA) is 129 Å². The van der Waals surface area contributed by atoms with Crippen LogP contribution in [-0.2, 0) is 13.5 Å². The van der Waals surface area contributed by atoms with Gasteiger partial charge in [-0.3, -0.25) is 14.5 Å². The lowest BCUT2D eigenvalue weighted by Gasteiger charge is -2.20. The highest BCUT2D eigenvalue weighted by molar-refractivity contribution is 6.07. The maximum atomic E-state index is 13.3. The molecule has 3 aromatic rings. The molecule has 0 radical (unpaired) electrons. The van der Waals surface area contributed by atoms with Crippen LogP contribution in [-0.4, -0.2) is 82.0 Å². The molecule has 4 N–H and O–H groups in total. The summed E-state index contributed by atoms with van der Waals surface area (Å²) >= 11 is 0. The second-order valence-corrected chi connectivity index (χ2v) is 9.33. The summed E-state index contributed by atoms with van der Waals surface area (Å²) < 4.78 is 7.86. The third kappa shape index (κ3) is 7.09. The Labute approximate surface area is 223 Å². The Morgan fingerprint density at radius 1 is 1.08 bits per heavy atom. The van der Waals surface area contributed by atoms with Crippen LogP contribution in [0.3, 0.4) is 0 Å². The molecule has 1 aromatic carbocycles. The Hall–Kier alpha value is -3.47. The minimum absolute atomic E-state index is 0.0126. The number of aryl methyl sites for hydroxylation is 2. The average Bonchev–Trinajstić information content (AvgIpc) is 3.16. The molecule has 0 aliphatic rings. The number of nitrogens with zero attached hydrogens (tertiary/aromatic N) is 3. The number of carbonyl (C=O) groups is 2. The monoisotopic (exact) mass is 525 g/mol. The van der Waals surface area contributed by atoms with Gasteiger partial charge in [-0.1, -0.05) is 25.1 Å². The molecule has 206 valence electrons. The molecule has 0 spiro atoms. The first-order valence-corrected chi connectivity index (χ1v) is 13.1. The number of benzene rings is 1. The second-order valence-electron chi connectivity index (χ2n) is 9.33. The van der Waals surface area contributed by atoms with Crippen molar-refractivity contribution in [3.05, 3.63) is 53.3 Å². The van der Waals surface area contributed by atoms with Gasteiger partial charge in [-0.2, -0.15) is 0 Å². The van der Waals surface area contributed by atoms with E-state index >= 15 is 0 Å². The summed E-state index contributed by atoms with van der Waals surface area (Å²) in [6.07, 6.45) is 1.06. The standard InChI is InChI=1S/C28H39N5O5/c1-5-22-23(31-27(36)20-10-7-6-8-11-20)18-21-25(38-19(2)3)24(32(4)26(21)30-22)28(37)29-12-9-13-33(14-16-34)15-17-35/h6-8,10-11,18-19,34-35H,5,9,12-17H2,1-4H3,(H,29,37)(H,31,36). The normalized spacial score (nSPS) is 11.4. The summed E-state index contributed by atoms with van der Waals surface area (Å²) in [7, 11) is 1.78. The molecule has 0 saturated heterocycles. The quantitative estimate of drug-likeness (QED) is 0.238. The van der Waals surface area contributed by atoms with Gasteiger partial charge >= 0.3 is 0 Å². The first kappa shape index (κ1) is 29.1. The van der Waals surface area contributed by atoms with Crippen LogP contribution in [0.4, 0.5) is 5.69 Å². The molecule has 10 nitrogen and oxygen atoms in total. The van der Waals surface area contributed by atoms with Crippen molar-refractivity contribution in [1.82, 2.24) is 19.8 Å². The number of aromatic nitrogens is 2. The summed E-state index contributed by atoms with van der Waals surface area (Å²) in [5, 5.41) is 24.9. The van der Waals surface area contributed by atoms with Crippen LogP contribution in [0.2, 0.25) is 0 Å². The first-order chi connectivity index (χ1) is 18.3. The third-order valence-electron chi connectivity index (χ3n) is 6.15. The van der Waals surface area contributed by atoms with Gasteiger partial charge in [0, 0.05) is 32.2 Å². The van der Waals surface area contributed by atoms with Crippen molar-refractivity contribution in [2.45, 2.75) is 39.7 Å². The van der Waals surface area contributed by atoms with E-state index in [9.17, 15) is 19.8 Å². The fourth-order valence-electron chi connectivity index (χ4n) is 4.33. The minimum atomic E-state index is -0.287. The minimum Gasteiger partial charge on any atom is -0.488 e. The van der Waals surface area contributed by atoms with E-state index in [-0.39, 0.29) is 31.1 Å². The number of ether oxygens (including phenoxy) is 1. The Balaban J connectivity index is 1.89. The summed E-state index contributed by atoms with van der Waals surface area (Å²) in [4.78, 5) is 32.9. The molecular weight excluding hydrogens is 486 g/mol. The van der Waals surface area contributed by atoms with Crippen molar-refractivity contribution in [1.29, 1.82) is 0 Å². The largest absolute Gasteiger partial charge is 0.488 e. The van der Waals surface area contributed by atoms with E-state index < -0.39 is 0 Å². The number of anilines is 1. The van der Waals surface area contributed by atoms with E-state index in [2.05, 4.69) is 10.6 Å². The van der Waals surface area contributed by atoms with Crippen LogP contribution in [0.25, 0.3) is 11.0 Å². The molecule has 10 heteroatoms. The number of pyridine rings is 1. The number of aliphatic hydroxyl groups is 2. The van der Waals surface area contributed by atoms with Crippen molar-refractivity contribution < 1.29 is 24.5 Å². The lowest BCUT2D eigenvalue weighted by Crippen LogP contribution is -2.34. The smallest absolute Gasteiger partial charge is 0.271 e. The fourth-order valence-corrected chi connectivity index (χ4v) is 4.33. The molecule has 0 aliphatic heterocycles. The maximum Gasteiger partial charge on any atom is 0.271 e. The second kappa shape index (κ2) is 13.9. The lowest BCUT2D eigenvalue weighted by atomic mass is 10.1. The van der Waals surface area contributed by atoms with Crippen LogP contribution in [0, 0.1) is 0 Å². The zero-order valence-electron chi connectivity index (χ0n) is 22.7. The third-order valence-corrected chi connectivity index (χ3v) is 6.15. The predicted octanol–water partition coefficient (Wildman–Crippen LogP) is 2.58. The molecule has 3 rings (SSSR count). The molecular formula is C28H39N5O5. The molecule has 38 heavy (non-hydrogen) atoms. The van der Waals surface area contributed by atoms with Gasteiger partial charge in [-0.25, -0.2) is 4.98 Å². The number of amides is 2. The van der Waals surface area contributed by atoms with Crippen molar-refractivity contribution in [2.24, 2.45) is 7.05 Å². The summed E-state index contributed by atoms with van der Waals surface area (Å²) in [5.74, 6) is -0.106. The van der Waals surface area contributed by atoms with E-state index in [4.69, 9.17) is 9.72 Å². The number of fused-ring (bicyclic) bond motifs is 1. The maximum absolute atomic E-state index is 13.3. The van der Waals surface area contributed by atoms with Crippen LogP contribution >= 0.6 is 0 Å². The number of hydrogen-bond donors (Lipinski definition) is 4. The zero-order valence-corrected chi connectivity index (χ0v) is 22.7. The van der Waals surface area contributed by atoms with E-state index in [0.717, 1.165) is 0 Å². The van der Waals surface area contributed by atoms with Gasteiger partial charge in [-0.05, 0) is 51.4 Å². The van der Waals surface area contributed by atoms with Gasteiger partial charge in [0.15, 0.2) is 11.4 Å². The zero-order chi connectivity index (χ0) is 27.7. The number of carbonyl (C=O) groups excluding carboxylic acids is 2. The molecule has 0 atom stereocenters. The van der Waals surface area contributed by atoms with E-state index in [1.807, 2.05) is 49.9 Å². The van der Waals surface area contributed by atoms with Gasteiger partial charge in [0.05, 0.1) is 36.1 Å². The van der Waals surface area contributed by atoms with Gasteiger partial charge < -0.3 is 30.2 Å². The van der Waals surface area contributed by atoms with Crippen molar-refractivity contribution in [3.8, 4) is 5.75 Å².